The summed E-state index contributed by atoms with van der Waals surface area (Å²) in [5.74, 6) is 0.281. The van der Waals surface area contributed by atoms with Crippen LogP contribution in [0.25, 0.3) is 0 Å². The average Bonchev–Trinajstić information content (AvgIpc) is 2.79. The van der Waals surface area contributed by atoms with Crippen molar-refractivity contribution in [2.24, 2.45) is 5.92 Å². The molecule has 3 aromatic rings. The van der Waals surface area contributed by atoms with Crippen molar-refractivity contribution in [3.63, 3.8) is 0 Å². The first kappa shape index (κ1) is 25.5. The summed E-state index contributed by atoms with van der Waals surface area (Å²) in [6, 6.07) is 19.6. The van der Waals surface area contributed by atoms with E-state index >= 15 is 0 Å². The Kier molecular flexibility index (Phi) is 8.75. The fourth-order valence-corrected chi connectivity index (χ4v) is 5.65. The van der Waals surface area contributed by atoms with Gasteiger partial charge >= 0.3 is 0 Å². The second-order valence-electron chi connectivity index (χ2n) is 7.52. The molecule has 0 aliphatic carbocycles. The van der Waals surface area contributed by atoms with Crippen LogP contribution in [-0.4, -0.2) is 20.6 Å². The van der Waals surface area contributed by atoms with Gasteiger partial charge in [0.1, 0.15) is 0 Å². The number of rotatable bonds is 9. The molecule has 0 atom stereocenters. The SMILES string of the molecule is CSc1ccc(S(=O)(=O)Nc2ccccc2SCc2ccc(Cl)cc2)cc1NC(=O)C(C)C. The van der Waals surface area contributed by atoms with Crippen LogP contribution in [0.4, 0.5) is 11.4 Å². The van der Waals surface area contributed by atoms with Crippen molar-refractivity contribution in [2.75, 3.05) is 16.3 Å². The normalized spacial score (nSPS) is 11.4. The standard InChI is InChI=1S/C24H25ClN2O3S3/c1-16(2)24(28)26-21-14-19(12-13-22(21)31-3)33(29,30)27-20-6-4-5-7-23(20)32-15-17-8-10-18(25)11-9-17/h4-14,16,27H,15H2,1-3H3,(H,26,28). The number of anilines is 2. The Morgan fingerprint density at radius 1 is 0.970 bits per heavy atom. The van der Waals surface area contributed by atoms with E-state index in [1.807, 2.05) is 42.7 Å². The summed E-state index contributed by atoms with van der Waals surface area (Å²) >= 11 is 8.92. The first-order chi connectivity index (χ1) is 15.7. The molecule has 0 aliphatic rings. The number of hydrogen-bond donors (Lipinski definition) is 2. The van der Waals surface area contributed by atoms with Gasteiger partial charge in [0.2, 0.25) is 5.91 Å². The minimum atomic E-state index is -3.87. The molecular weight excluding hydrogens is 496 g/mol. The van der Waals surface area contributed by atoms with Crippen molar-refractivity contribution in [3.05, 3.63) is 77.3 Å². The van der Waals surface area contributed by atoms with Crippen LogP contribution in [0, 0.1) is 5.92 Å². The third kappa shape index (κ3) is 6.93. The number of benzene rings is 3. The highest BCUT2D eigenvalue weighted by molar-refractivity contribution is 7.99. The zero-order valence-corrected chi connectivity index (χ0v) is 21.7. The number of thioether (sulfide) groups is 2. The molecule has 0 bridgehead atoms. The Morgan fingerprint density at radius 2 is 1.67 bits per heavy atom. The first-order valence-corrected chi connectivity index (χ1v) is 14.2. The number of hydrogen-bond acceptors (Lipinski definition) is 5. The van der Waals surface area contributed by atoms with Crippen LogP contribution >= 0.6 is 35.1 Å². The third-order valence-corrected chi connectivity index (χ3v) is 8.26. The van der Waals surface area contributed by atoms with Crippen molar-refractivity contribution < 1.29 is 13.2 Å². The van der Waals surface area contributed by atoms with E-state index in [0.717, 1.165) is 15.4 Å². The highest BCUT2D eigenvalue weighted by Crippen LogP contribution is 2.33. The molecule has 1 amide bonds. The number of carbonyl (C=O) groups excluding carboxylic acids is 1. The van der Waals surface area contributed by atoms with Gasteiger partial charge in [-0.15, -0.1) is 23.5 Å². The van der Waals surface area contributed by atoms with E-state index in [0.29, 0.717) is 22.2 Å². The summed E-state index contributed by atoms with van der Waals surface area (Å²) in [4.78, 5) is 13.9. The van der Waals surface area contributed by atoms with Crippen LogP contribution in [0.3, 0.4) is 0 Å². The van der Waals surface area contributed by atoms with Crippen molar-refractivity contribution >= 4 is 62.4 Å². The Bertz CT molecular complexity index is 1230. The van der Waals surface area contributed by atoms with E-state index in [2.05, 4.69) is 10.0 Å². The van der Waals surface area contributed by atoms with E-state index in [-0.39, 0.29) is 16.7 Å². The molecule has 2 N–H and O–H groups in total. The molecule has 3 aromatic carbocycles. The Labute approximate surface area is 208 Å². The third-order valence-electron chi connectivity index (χ3n) is 4.70. The molecule has 0 unspecified atom stereocenters. The second kappa shape index (κ2) is 11.3. The zero-order chi connectivity index (χ0) is 24.0. The van der Waals surface area contributed by atoms with Gasteiger partial charge in [-0.25, -0.2) is 8.42 Å². The van der Waals surface area contributed by atoms with Crippen LogP contribution in [0.2, 0.25) is 5.02 Å². The van der Waals surface area contributed by atoms with Gasteiger partial charge in [-0.1, -0.05) is 49.7 Å². The van der Waals surface area contributed by atoms with Crippen molar-refractivity contribution in [1.82, 2.24) is 0 Å². The van der Waals surface area contributed by atoms with Gasteiger partial charge in [0.25, 0.3) is 10.0 Å². The predicted octanol–water partition coefficient (Wildman–Crippen LogP) is 6.75. The molecule has 0 fully saturated rings. The number of carbonyl (C=O) groups is 1. The van der Waals surface area contributed by atoms with Crippen LogP contribution in [0.15, 0.2) is 81.4 Å². The summed E-state index contributed by atoms with van der Waals surface area (Å²) in [7, 11) is -3.87. The summed E-state index contributed by atoms with van der Waals surface area (Å²) < 4.78 is 29.1. The quantitative estimate of drug-likeness (QED) is 0.305. The maximum absolute atomic E-state index is 13.2. The van der Waals surface area contributed by atoms with Gasteiger partial charge in [-0.2, -0.15) is 0 Å². The summed E-state index contributed by atoms with van der Waals surface area (Å²) in [6.45, 7) is 3.57. The van der Waals surface area contributed by atoms with E-state index in [1.54, 1.807) is 38.1 Å². The van der Waals surface area contributed by atoms with Crippen LogP contribution in [0.1, 0.15) is 19.4 Å². The minimum absolute atomic E-state index is 0.0804. The molecule has 9 heteroatoms. The van der Waals surface area contributed by atoms with Gasteiger partial charge in [-0.05, 0) is 54.3 Å². The summed E-state index contributed by atoms with van der Waals surface area (Å²) in [5.41, 5.74) is 2.06. The second-order valence-corrected chi connectivity index (χ2v) is 11.5. The Balaban J connectivity index is 1.83. The van der Waals surface area contributed by atoms with E-state index < -0.39 is 10.0 Å². The lowest BCUT2D eigenvalue weighted by atomic mass is 10.2. The van der Waals surface area contributed by atoms with Gasteiger partial charge in [0, 0.05) is 26.5 Å². The van der Waals surface area contributed by atoms with Crippen molar-refractivity contribution in [2.45, 2.75) is 34.3 Å². The maximum atomic E-state index is 13.2. The number of halogens is 1. The van der Waals surface area contributed by atoms with Crippen LogP contribution < -0.4 is 10.0 Å². The number of amides is 1. The molecule has 33 heavy (non-hydrogen) atoms. The lowest BCUT2D eigenvalue weighted by molar-refractivity contribution is -0.118. The fraction of sp³-hybridized carbons (Fsp3) is 0.208. The minimum Gasteiger partial charge on any atom is -0.325 e. The maximum Gasteiger partial charge on any atom is 0.262 e. The number of para-hydroxylation sites is 1. The van der Waals surface area contributed by atoms with E-state index in [4.69, 9.17) is 11.6 Å². The molecule has 5 nitrogen and oxygen atoms in total. The Morgan fingerprint density at radius 3 is 2.33 bits per heavy atom. The van der Waals surface area contributed by atoms with Crippen LogP contribution in [0.5, 0.6) is 0 Å². The highest BCUT2D eigenvalue weighted by Gasteiger charge is 2.19. The highest BCUT2D eigenvalue weighted by atomic mass is 35.5. The molecule has 174 valence electrons. The van der Waals surface area contributed by atoms with Gasteiger partial charge in [0.05, 0.1) is 16.3 Å². The molecular formula is C24H25ClN2O3S3. The molecule has 0 aliphatic heterocycles. The molecule has 0 radical (unpaired) electrons. The zero-order valence-electron chi connectivity index (χ0n) is 18.5. The monoisotopic (exact) mass is 520 g/mol. The fourth-order valence-electron chi connectivity index (χ4n) is 2.85. The topological polar surface area (TPSA) is 75.3 Å². The molecule has 3 rings (SSSR count). The molecule has 0 saturated carbocycles. The first-order valence-electron chi connectivity index (χ1n) is 10.2. The van der Waals surface area contributed by atoms with Gasteiger partial charge in [-0.3, -0.25) is 9.52 Å². The van der Waals surface area contributed by atoms with E-state index in [9.17, 15) is 13.2 Å². The lowest BCUT2D eigenvalue weighted by Gasteiger charge is -2.15. The van der Waals surface area contributed by atoms with E-state index in [1.165, 1.54) is 29.6 Å². The van der Waals surface area contributed by atoms with Crippen LogP contribution in [-0.2, 0) is 20.6 Å². The summed E-state index contributed by atoms with van der Waals surface area (Å²) in [5, 5.41) is 3.50. The average molecular weight is 521 g/mol. The number of nitrogens with one attached hydrogen (secondary N) is 2. The molecule has 0 aromatic heterocycles. The smallest absolute Gasteiger partial charge is 0.262 e. The van der Waals surface area contributed by atoms with Crippen molar-refractivity contribution in [3.8, 4) is 0 Å². The Hall–Kier alpha value is -2.13. The predicted molar refractivity (Wildman–Crippen MR) is 140 cm³/mol. The molecule has 0 spiro atoms. The van der Waals surface area contributed by atoms with Gasteiger partial charge in [0.15, 0.2) is 0 Å². The summed E-state index contributed by atoms with van der Waals surface area (Å²) in [6.07, 6.45) is 1.88. The molecule has 0 saturated heterocycles. The molecule has 0 heterocycles. The largest absolute Gasteiger partial charge is 0.325 e. The number of sulfonamides is 1. The van der Waals surface area contributed by atoms with Crippen molar-refractivity contribution in [1.29, 1.82) is 0 Å². The lowest BCUT2D eigenvalue weighted by Crippen LogP contribution is -2.19. The van der Waals surface area contributed by atoms with Gasteiger partial charge < -0.3 is 5.32 Å².